The Kier molecular flexibility index (Phi) is 4.24. The van der Waals surface area contributed by atoms with Gasteiger partial charge in [0.25, 0.3) is 5.91 Å². The minimum Gasteiger partial charge on any atom is -0.508 e. The number of aromatic amines is 1. The molecule has 0 spiro atoms. The molecule has 150 valence electrons. The first kappa shape index (κ1) is 18.3. The van der Waals surface area contributed by atoms with Crippen molar-refractivity contribution in [2.24, 2.45) is 0 Å². The highest BCUT2D eigenvalue weighted by molar-refractivity contribution is 5.96. The number of amides is 1. The number of nitrogens with two attached hydrogens (primary N) is 1. The quantitative estimate of drug-likeness (QED) is 0.434. The van der Waals surface area contributed by atoms with E-state index >= 15 is 0 Å². The van der Waals surface area contributed by atoms with E-state index in [-0.39, 0.29) is 17.7 Å². The number of nitrogens with one attached hydrogen (secondary N) is 1. The van der Waals surface area contributed by atoms with E-state index in [2.05, 4.69) is 30.1 Å². The van der Waals surface area contributed by atoms with Gasteiger partial charge in [-0.2, -0.15) is 0 Å². The van der Waals surface area contributed by atoms with Crippen molar-refractivity contribution in [3.8, 4) is 5.75 Å². The monoisotopic (exact) mass is 397 g/mol. The van der Waals surface area contributed by atoms with Gasteiger partial charge < -0.3 is 20.7 Å². The number of phenolic OH excluding ortho intramolecular Hbond substituents is 1. The van der Waals surface area contributed by atoms with Gasteiger partial charge in [-0.15, -0.1) is 0 Å². The number of fused-ring (bicyclic) bond motifs is 3. The molecule has 1 amide bonds. The third kappa shape index (κ3) is 2.99. The van der Waals surface area contributed by atoms with Crippen LogP contribution in [-0.2, 0) is 6.42 Å². The number of rotatable bonds is 2. The Morgan fingerprint density at radius 3 is 2.67 bits per heavy atom. The molecule has 0 aliphatic carbocycles. The number of aromatic nitrogens is 1. The van der Waals surface area contributed by atoms with Crippen LogP contribution in [0, 0.1) is 6.92 Å². The van der Waals surface area contributed by atoms with Gasteiger partial charge in [0.15, 0.2) is 0 Å². The van der Waals surface area contributed by atoms with Crippen LogP contribution in [0.4, 0.5) is 5.69 Å². The highest BCUT2D eigenvalue weighted by Gasteiger charge is 2.35. The van der Waals surface area contributed by atoms with Crippen LogP contribution in [0.5, 0.6) is 5.75 Å². The molecule has 4 aromatic rings. The van der Waals surface area contributed by atoms with Crippen LogP contribution in [-0.4, -0.2) is 27.4 Å². The molecule has 1 aliphatic heterocycles. The molecular weight excluding hydrogens is 374 g/mol. The lowest BCUT2D eigenvalue weighted by atomic mass is 9.91. The maximum atomic E-state index is 13.5. The molecule has 0 saturated carbocycles. The van der Waals surface area contributed by atoms with Gasteiger partial charge in [-0.3, -0.25) is 4.79 Å². The number of carbonyl (C=O) groups is 1. The molecule has 5 rings (SSSR count). The topological polar surface area (TPSA) is 82.4 Å². The zero-order chi connectivity index (χ0) is 20.8. The number of nitrogen functional groups attached to an aromatic ring is 1. The van der Waals surface area contributed by atoms with Crippen LogP contribution in [0.1, 0.15) is 38.8 Å². The van der Waals surface area contributed by atoms with E-state index in [0.29, 0.717) is 17.8 Å². The molecule has 0 radical (unpaired) electrons. The van der Waals surface area contributed by atoms with Gasteiger partial charge in [0.1, 0.15) is 5.75 Å². The number of aryl methyl sites for hydroxylation is 1. The third-order valence-electron chi connectivity index (χ3n) is 5.89. The Labute approximate surface area is 174 Å². The smallest absolute Gasteiger partial charge is 0.254 e. The fraction of sp³-hybridized carbons (Fsp3) is 0.160. The summed E-state index contributed by atoms with van der Waals surface area (Å²) in [7, 11) is 0. The second kappa shape index (κ2) is 6.95. The lowest BCUT2D eigenvalue weighted by Gasteiger charge is -2.36. The van der Waals surface area contributed by atoms with Crippen molar-refractivity contribution < 1.29 is 9.90 Å². The van der Waals surface area contributed by atoms with Gasteiger partial charge in [-0.1, -0.05) is 23.8 Å². The van der Waals surface area contributed by atoms with Gasteiger partial charge in [0.05, 0.1) is 6.04 Å². The SMILES string of the molecule is Cc1ccc2[nH]c3c(c2c1)CCN(C(=O)c1ccc(N)cc1)C3c1cccc(O)c1. The third-order valence-corrected chi connectivity index (χ3v) is 5.89. The number of H-pyrrole nitrogens is 1. The average Bonchev–Trinajstić information content (AvgIpc) is 3.11. The Bertz CT molecular complexity index is 1260. The molecular formula is C25H23N3O2. The molecule has 0 saturated heterocycles. The number of aromatic hydroxyl groups is 1. The number of anilines is 1. The van der Waals surface area contributed by atoms with E-state index in [1.807, 2.05) is 17.0 Å². The molecule has 30 heavy (non-hydrogen) atoms. The number of carbonyl (C=O) groups excluding carboxylic acids is 1. The molecule has 1 aliphatic rings. The molecule has 4 N–H and O–H groups in total. The molecule has 0 bridgehead atoms. The van der Waals surface area contributed by atoms with E-state index in [9.17, 15) is 9.90 Å². The predicted octanol–water partition coefficient (Wildman–Crippen LogP) is 4.55. The van der Waals surface area contributed by atoms with Gasteiger partial charge in [-0.25, -0.2) is 0 Å². The summed E-state index contributed by atoms with van der Waals surface area (Å²) in [6.07, 6.45) is 0.773. The summed E-state index contributed by atoms with van der Waals surface area (Å²) in [6.45, 7) is 2.68. The molecule has 1 unspecified atom stereocenters. The molecule has 1 atom stereocenters. The maximum absolute atomic E-state index is 13.5. The van der Waals surface area contributed by atoms with Crippen LogP contribution in [0.3, 0.4) is 0 Å². The Balaban J connectivity index is 1.67. The maximum Gasteiger partial charge on any atom is 0.254 e. The van der Waals surface area contributed by atoms with E-state index in [1.165, 1.54) is 16.5 Å². The van der Waals surface area contributed by atoms with Crippen LogP contribution >= 0.6 is 0 Å². The fourth-order valence-corrected chi connectivity index (χ4v) is 4.45. The average molecular weight is 397 g/mol. The van der Waals surface area contributed by atoms with Crippen LogP contribution in [0.15, 0.2) is 66.7 Å². The van der Waals surface area contributed by atoms with Crippen LogP contribution in [0.2, 0.25) is 0 Å². The van der Waals surface area contributed by atoms with Gasteiger partial charge in [-0.05, 0) is 73.0 Å². The Morgan fingerprint density at radius 1 is 1.10 bits per heavy atom. The lowest BCUT2D eigenvalue weighted by Crippen LogP contribution is -2.40. The zero-order valence-electron chi connectivity index (χ0n) is 16.7. The molecule has 5 nitrogen and oxygen atoms in total. The standard InChI is InChI=1S/C25H23N3O2/c1-15-5-10-22-21(13-15)20-11-12-28(25(30)16-6-8-18(26)9-7-16)24(23(20)27-22)17-3-2-4-19(29)14-17/h2-10,13-14,24,27,29H,11-12,26H2,1H3. The van der Waals surface area contributed by atoms with Crippen molar-refractivity contribution in [3.05, 3.63) is 94.7 Å². The minimum absolute atomic E-state index is 0.0520. The molecule has 0 fully saturated rings. The summed E-state index contributed by atoms with van der Waals surface area (Å²) in [5.41, 5.74) is 12.4. The van der Waals surface area contributed by atoms with Crippen molar-refractivity contribution in [2.75, 3.05) is 12.3 Å². The largest absolute Gasteiger partial charge is 0.508 e. The first-order valence-electron chi connectivity index (χ1n) is 10.1. The Hall–Kier alpha value is -3.73. The molecule has 3 aromatic carbocycles. The van der Waals surface area contributed by atoms with Crippen molar-refractivity contribution in [3.63, 3.8) is 0 Å². The second-order valence-electron chi connectivity index (χ2n) is 7.93. The first-order valence-corrected chi connectivity index (χ1v) is 10.1. The van der Waals surface area contributed by atoms with E-state index < -0.39 is 0 Å². The number of phenols is 1. The van der Waals surface area contributed by atoms with Crippen molar-refractivity contribution in [1.29, 1.82) is 0 Å². The zero-order valence-corrected chi connectivity index (χ0v) is 16.7. The summed E-state index contributed by atoms with van der Waals surface area (Å²) >= 11 is 0. The van der Waals surface area contributed by atoms with Crippen molar-refractivity contribution >= 4 is 22.5 Å². The normalized spacial score (nSPS) is 15.9. The summed E-state index contributed by atoms with van der Waals surface area (Å²) in [5.74, 6) is 0.135. The highest BCUT2D eigenvalue weighted by atomic mass is 16.3. The molecule has 1 aromatic heterocycles. The van der Waals surface area contributed by atoms with E-state index in [4.69, 9.17) is 5.73 Å². The number of hydrogen-bond donors (Lipinski definition) is 3. The predicted molar refractivity (Wildman–Crippen MR) is 119 cm³/mol. The van der Waals surface area contributed by atoms with Gasteiger partial charge in [0.2, 0.25) is 0 Å². The van der Waals surface area contributed by atoms with Crippen LogP contribution in [0.25, 0.3) is 10.9 Å². The summed E-state index contributed by atoms with van der Waals surface area (Å²) in [6, 6.07) is 20.3. The van der Waals surface area contributed by atoms with Gasteiger partial charge >= 0.3 is 0 Å². The van der Waals surface area contributed by atoms with Crippen molar-refractivity contribution in [1.82, 2.24) is 9.88 Å². The molecule has 5 heteroatoms. The van der Waals surface area contributed by atoms with E-state index in [1.54, 1.807) is 36.4 Å². The summed E-state index contributed by atoms with van der Waals surface area (Å²) < 4.78 is 0. The summed E-state index contributed by atoms with van der Waals surface area (Å²) in [4.78, 5) is 18.9. The Morgan fingerprint density at radius 2 is 1.90 bits per heavy atom. The fourth-order valence-electron chi connectivity index (χ4n) is 4.45. The number of benzene rings is 3. The van der Waals surface area contributed by atoms with E-state index in [0.717, 1.165) is 23.2 Å². The van der Waals surface area contributed by atoms with Crippen LogP contribution < -0.4 is 5.73 Å². The molecule has 2 heterocycles. The first-order chi connectivity index (χ1) is 14.5. The highest BCUT2D eigenvalue weighted by Crippen LogP contribution is 2.40. The van der Waals surface area contributed by atoms with Crippen molar-refractivity contribution in [2.45, 2.75) is 19.4 Å². The number of hydrogen-bond acceptors (Lipinski definition) is 3. The summed E-state index contributed by atoms with van der Waals surface area (Å²) in [5, 5.41) is 11.3. The lowest BCUT2D eigenvalue weighted by molar-refractivity contribution is 0.0692. The number of nitrogens with zero attached hydrogens (tertiary/aromatic N) is 1. The second-order valence-corrected chi connectivity index (χ2v) is 7.93. The van der Waals surface area contributed by atoms with Gasteiger partial charge in [0, 0.05) is 34.4 Å². The minimum atomic E-state index is -0.307.